The molecule has 0 radical (unpaired) electrons. The summed E-state index contributed by atoms with van der Waals surface area (Å²) in [6, 6.07) is 3.64. The number of rotatable bonds is 5. The predicted octanol–water partition coefficient (Wildman–Crippen LogP) is 1.43. The molecule has 0 heterocycles. The Kier molecular flexibility index (Phi) is 4.07. The standard InChI is InChI=1S/C12H17FN2O2/c1-3-12(2,15)7-17-10-5-4-8(13)6-9(10)11(14)16/h4-6H,3,7,15H2,1-2H3,(H2,14,16). The Hall–Kier alpha value is -1.62. The fourth-order valence-electron chi connectivity index (χ4n) is 1.17. The van der Waals surface area contributed by atoms with Gasteiger partial charge in [-0.1, -0.05) is 6.92 Å². The highest BCUT2D eigenvalue weighted by Gasteiger charge is 2.18. The van der Waals surface area contributed by atoms with Gasteiger partial charge in [-0.25, -0.2) is 4.39 Å². The van der Waals surface area contributed by atoms with Crippen molar-refractivity contribution < 1.29 is 13.9 Å². The molecule has 0 saturated heterocycles. The van der Waals surface area contributed by atoms with Gasteiger partial charge in [0.25, 0.3) is 5.91 Å². The summed E-state index contributed by atoms with van der Waals surface area (Å²) in [4.78, 5) is 11.1. The summed E-state index contributed by atoms with van der Waals surface area (Å²) in [5.41, 5.74) is 10.6. The number of amides is 1. The fraction of sp³-hybridized carbons (Fsp3) is 0.417. The van der Waals surface area contributed by atoms with Crippen molar-refractivity contribution in [3.05, 3.63) is 29.6 Å². The number of benzene rings is 1. The SMILES string of the molecule is CCC(C)(N)COc1ccc(F)cc1C(N)=O. The molecular weight excluding hydrogens is 223 g/mol. The topological polar surface area (TPSA) is 78.3 Å². The Morgan fingerprint density at radius 3 is 2.71 bits per heavy atom. The van der Waals surface area contributed by atoms with Crippen LogP contribution in [0.2, 0.25) is 0 Å². The Morgan fingerprint density at radius 2 is 2.18 bits per heavy atom. The lowest BCUT2D eigenvalue weighted by Crippen LogP contribution is -2.41. The van der Waals surface area contributed by atoms with Gasteiger partial charge in [0, 0.05) is 5.54 Å². The quantitative estimate of drug-likeness (QED) is 0.817. The van der Waals surface area contributed by atoms with E-state index in [1.807, 2.05) is 13.8 Å². The smallest absolute Gasteiger partial charge is 0.252 e. The Labute approximate surface area is 99.7 Å². The minimum Gasteiger partial charge on any atom is -0.491 e. The number of halogens is 1. The van der Waals surface area contributed by atoms with E-state index >= 15 is 0 Å². The highest BCUT2D eigenvalue weighted by Crippen LogP contribution is 2.20. The van der Waals surface area contributed by atoms with E-state index in [0.717, 1.165) is 12.5 Å². The number of primary amides is 1. The normalized spacial score (nSPS) is 14.1. The number of hydrogen-bond donors (Lipinski definition) is 2. The molecule has 1 unspecified atom stereocenters. The zero-order valence-corrected chi connectivity index (χ0v) is 10.00. The summed E-state index contributed by atoms with van der Waals surface area (Å²) in [6.07, 6.45) is 0.722. The maximum atomic E-state index is 13.0. The lowest BCUT2D eigenvalue weighted by Gasteiger charge is -2.23. The molecular formula is C12H17FN2O2. The van der Waals surface area contributed by atoms with Crippen molar-refractivity contribution in [1.82, 2.24) is 0 Å². The van der Waals surface area contributed by atoms with Crippen LogP contribution in [0.3, 0.4) is 0 Å². The van der Waals surface area contributed by atoms with Crippen LogP contribution in [0.25, 0.3) is 0 Å². The molecule has 17 heavy (non-hydrogen) atoms. The van der Waals surface area contributed by atoms with E-state index in [2.05, 4.69) is 0 Å². The van der Waals surface area contributed by atoms with Crippen LogP contribution >= 0.6 is 0 Å². The van der Waals surface area contributed by atoms with E-state index in [-0.39, 0.29) is 17.9 Å². The highest BCUT2D eigenvalue weighted by molar-refractivity contribution is 5.95. The van der Waals surface area contributed by atoms with Crippen LogP contribution in [0.1, 0.15) is 30.6 Å². The zero-order chi connectivity index (χ0) is 13.1. The molecule has 94 valence electrons. The van der Waals surface area contributed by atoms with Crippen LogP contribution in [0.15, 0.2) is 18.2 Å². The summed E-state index contributed by atoms with van der Waals surface area (Å²) >= 11 is 0. The number of ether oxygens (including phenoxy) is 1. The van der Waals surface area contributed by atoms with Crippen molar-refractivity contribution >= 4 is 5.91 Å². The second kappa shape index (κ2) is 5.14. The molecule has 0 aliphatic heterocycles. The summed E-state index contributed by atoms with van der Waals surface area (Å²) in [5, 5.41) is 0. The molecule has 4 nitrogen and oxygen atoms in total. The molecule has 1 aromatic rings. The molecule has 1 aromatic carbocycles. The Morgan fingerprint density at radius 1 is 1.53 bits per heavy atom. The highest BCUT2D eigenvalue weighted by atomic mass is 19.1. The average molecular weight is 240 g/mol. The van der Waals surface area contributed by atoms with Crippen LogP contribution in [-0.4, -0.2) is 18.1 Å². The van der Waals surface area contributed by atoms with Gasteiger partial charge in [0.15, 0.2) is 0 Å². The van der Waals surface area contributed by atoms with Crippen LogP contribution < -0.4 is 16.2 Å². The van der Waals surface area contributed by atoms with E-state index < -0.39 is 17.3 Å². The number of hydrogen-bond acceptors (Lipinski definition) is 3. The monoisotopic (exact) mass is 240 g/mol. The Balaban J connectivity index is 2.88. The minimum absolute atomic E-state index is 0.0249. The molecule has 0 aliphatic carbocycles. The van der Waals surface area contributed by atoms with Gasteiger partial charge < -0.3 is 16.2 Å². The van der Waals surface area contributed by atoms with Gasteiger partial charge in [0.1, 0.15) is 18.2 Å². The van der Waals surface area contributed by atoms with Gasteiger partial charge in [0.05, 0.1) is 5.56 Å². The van der Waals surface area contributed by atoms with Gasteiger partial charge in [-0.2, -0.15) is 0 Å². The maximum Gasteiger partial charge on any atom is 0.252 e. The number of carbonyl (C=O) groups is 1. The average Bonchev–Trinajstić information content (AvgIpc) is 2.27. The van der Waals surface area contributed by atoms with Crippen molar-refractivity contribution in [2.24, 2.45) is 11.5 Å². The van der Waals surface area contributed by atoms with Gasteiger partial charge in [-0.05, 0) is 31.5 Å². The molecule has 1 rings (SSSR count). The van der Waals surface area contributed by atoms with Crippen molar-refractivity contribution in [2.75, 3.05) is 6.61 Å². The first-order chi connectivity index (χ1) is 7.85. The van der Waals surface area contributed by atoms with E-state index in [1.165, 1.54) is 12.1 Å². The lowest BCUT2D eigenvalue weighted by atomic mass is 10.0. The Bertz CT molecular complexity index is 419. The number of carbonyl (C=O) groups excluding carboxylic acids is 1. The predicted molar refractivity (Wildman–Crippen MR) is 63.3 cm³/mol. The van der Waals surface area contributed by atoms with Gasteiger partial charge in [-0.3, -0.25) is 4.79 Å². The summed E-state index contributed by atoms with van der Waals surface area (Å²) in [6.45, 7) is 4.00. The molecule has 5 heteroatoms. The molecule has 0 bridgehead atoms. The summed E-state index contributed by atoms with van der Waals surface area (Å²) < 4.78 is 18.4. The largest absolute Gasteiger partial charge is 0.491 e. The molecule has 0 spiro atoms. The first-order valence-electron chi connectivity index (χ1n) is 5.37. The van der Waals surface area contributed by atoms with Crippen LogP contribution in [0, 0.1) is 5.82 Å². The van der Waals surface area contributed by atoms with E-state index in [0.29, 0.717) is 0 Å². The molecule has 1 amide bonds. The van der Waals surface area contributed by atoms with Crippen molar-refractivity contribution in [3.8, 4) is 5.75 Å². The maximum absolute atomic E-state index is 13.0. The molecule has 1 atom stereocenters. The molecule has 4 N–H and O–H groups in total. The van der Waals surface area contributed by atoms with E-state index in [4.69, 9.17) is 16.2 Å². The molecule has 0 fully saturated rings. The summed E-state index contributed by atoms with van der Waals surface area (Å²) in [5.74, 6) is -1.00. The zero-order valence-electron chi connectivity index (χ0n) is 10.00. The third kappa shape index (κ3) is 3.71. The minimum atomic E-state index is -0.727. The second-order valence-electron chi connectivity index (χ2n) is 4.30. The fourth-order valence-corrected chi connectivity index (χ4v) is 1.17. The third-order valence-electron chi connectivity index (χ3n) is 2.57. The molecule has 0 saturated carbocycles. The number of nitrogens with two attached hydrogens (primary N) is 2. The second-order valence-corrected chi connectivity index (χ2v) is 4.30. The first-order valence-corrected chi connectivity index (χ1v) is 5.37. The summed E-state index contributed by atoms with van der Waals surface area (Å²) in [7, 11) is 0. The van der Waals surface area contributed by atoms with Crippen molar-refractivity contribution in [3.63, 3.8) is 0 Å². The van der Waals surface area contributed by atoms with Gasteiger partial charge in [0.2, 0.25) is 0 Å². The van der Waals surface area contributed by atoms with E-state index in [9.17, 15) is 9.18 Å². The molecule has 0 aliphatic rings. The molecule has 0 aromatic heterocycles. The first kappa shape index (κ1) is 13.4. The van der Waals surface area contributed by atoms with Crippen molar-refractivity contribution in [1.29, 1.82) is 0 Å². The van der Waals surface area contributed by atoms with Crippen LogP contribution in [0.5, 0.6) is 5.75 Å². The lowest BCUT2D eigenvalue weighted by molar-refractivity contribution is 0.0994. The van der Waals surface area contributed by atoms with Gasteiger partial charge >= 0.3 is 0 Å². The van der Waals surface area contributed by atoms with Crippen LogP contribution in [0.4, 0.5) is 4.39 Å². The van der Waals surface area contributed by atoms with Gasteiger partial charge in [-0.15, -0.1) is 0 Å². The van der Waals surface area contributed by atoms with E-state index in [1.54, 1.807) is 0 Å². The van der Waals surface area contributed by atoms with Crippen molar-refractivity contribution in [2.45, 2.75) is 25.8 Å². The van der Waals surface area contributed by atoms with Crippen LogP contribution in [-0.2, 0) is 0 Å². The third-order valence-corrected chi connectivity index (χ3v) is 2.57.